The van der Waals surface area contributed by atoms with E-state index in [9.17, 15) is 9.18 Å². The zero-order chi connectivity index (χ0) is 12.3. The number of aliphatic carboxylic acids is 1. The summed E-state index contributed by atoms with van der Waals surface area (Å²) >= 11 is 3.18. The molecule has 0 bridgehead atoms. The molecule has 0 fully saturated rings. The van der Waals surface area contributed by atoms with E-state index < -0.39 is 11.9 Å². The lowest BCUT2D eigenvalue weighted by Gasteiger charge is -2.16. The lowest BCUT2D eigenvalue weighted by atomic mass is 9.89. The van der Waals surface area contributed by atoms with Crippen LogP contribution in [0.25, 0.3) is 0 Å². The second-order valence-corrected chi connectivity index (χ2v) is 4.96. The van der Waals surface area contributed by atoms with Crippen molar-refractivity contribution in [3.05, 3.63) is 34.1 Å². The molecule has 88 valence electrons. The molecule has 2 nitrogen and oxygen atoms in total. The maximum absolute atomic E-state index is 13.5. The van der Waals surface area contributed by atoms with E-state index in [0.29, 0.717) is 16.5 Å². The molecule has 0 aliphatic heterocycles. The van der Waals surface area contributed by atoms with Gasteiger partial charge in [0, 0.05) is 4.47 Å². The first-order chi connectivity index (χ1) is 7.41. The third-order valence-electron chi connectivity index (χ3n) is 2.80. The second kappa shape index (κ2) is 5.43. The normalized spacial score (nSPS) is 14.5. The first kappa shape index (κ1) is 13.2. The number of benzene rings is 1. The number of carbonyl (C=O) groups is 1. The van der Waals surface area contributed by atoms with Crippen molar-refractivity contribution in [2.75, 3.05) is 0 Å². The highest BCUT2D eigenvalue weighted by Crippen LogP contribution is 2.21. The lowest BCUT2D eigenvalue weighted by Crippen LogP contribution is -2.20. The molecule has 2 atom stereocenters. The van der Waals surface area contributed by atoms with E-state index in [1.54, 1.807) is 19.1 Å². The molecule has 2 unspecified atom stereocenters. The topological polar surface area (TPSA) is 37.3 Å². The summed E-state index contributed by atoms with van der Waals surface area (Å²) in [6, 6.07) is 4.84. The van der Waals surface area contributed by atoms with Gasteiger partial charge in [0.2, 0.25) is 0 Å². The Hall–Kier alpha value is -0.900. The first-order valence-electron chi connectivity index (χ1n) is 5.08. The average molecular weight is 289 g/mol. The van der Waals surface area contributed by atoms with E-state index in [1.807, 2.05) is 6.92 Å². The molecule has 0 spiro atoms. The molecule has 4 heteroatoms. The highest BCUT2D eigenvalue weighted by molar-refractivity contribution is 9.10. The first-order valence-corrected chi connectivity index (χ1v) is 5.88. The molecule has 0 saturated heterocycles. The van der Waals surface area contributed by atoms with Crippen LogP contribution in [0, 0.1) is 17.7 Å². The second-order valence-electron chi connectivity index (χ2n) is 4.04. The summed E-state index contributed by atoms with van der Waals surface area (Å²) < 4.78 is 14.2. The van der Waals surface area contributed by atoms with E-state index in [-0.39, 0.29) is 11.7 Å². The van der Waals surface area contributed by atoms with Crippen LogP contribution < -0.4 is 0 Å². The number of hydrogen-bond donors (Lipinski definition) is 1. The Morgan fingerprint density at radius 1 is 1.50 bits per heavy atom. The van der Waals surface area contributed by atoms with Crippen molar-refractivity contribution in [2.45, 2.75) is 20.3 Å². The van der Waals surface area contributed by atoms with Crippen LogP contribution in [-0.4, -0.2) is 11.1 Å². The van der Waals surface area contributed by atoms with Crippen molar-refractivity contribution in [1.29, 1.82) is 0 Å². The zero-order valence-electron chi connectivity index (χ0n) is 9.21. The molecule has 1 rings (SSSR count). The highest BCUT2D eigenvalue weighted by atomic mass is 79.9. The van der Waals surface area contributed by atoms with Gasteiger partial charge < -0.3 is 5.11 Å². The number of rotatable bonds is 4. The van der Waals surface area contributed by atoms with Gasteiger partial charge in [-0.2, -0.15) is 0 Å². The minimum absolute atomic E-state index is 0.0897. The van der Waals surface area contributed by atoms with Crippen molar-refractivity contribution >= 4 is 21.9 Å². The minimum atomic E-state index is -0.843. The third-order valence-corrected chi connectivity index (χ3v) is 3.29. The predicted molar refractivity (Wildman–Crippen MR) is 63.8 cm³/mol. The van der Waals surface area contributed by atoms with Gasteiger partial charge in [-0.15, -0.1) is 0 Å². The standard InChI is InChI=1S/C12H14BrFO2/c1-7(8(2)12(15)16)5-9-3-4-10(13)6-11(9)14/h3-4,6-8H,5H2,1-2H3,(H,15,16). The fourth-order valence-corrected chi connectivity index (χ4v) is 1.79. The molecule has 0 amide bonds. The molecule has 1 aromatic carbocycles. The highest BCUT2D eigenvalue weighted by Gasteiger charge is 2.20. The van der Waals surface area contributed by atoms with Crippen molar-refractivity contribution in [1.82, 2.24) is 0 Å². The van der Waals surface area contributed by atoms with Crippen LogP contribution in [-0.2, 0) is 11.2 Å². The predicted octanol–water partition coefficient (Wildman–Crippen LogP) is 3.49. The van der Waals surface area contributed by atoms with Crippen LogP contribution in [0.5, 0.6) is 0 Å². The molecule has 1 aromatic rings. The zero-order valence-corrected chi connectivity index (χ0v) is 10.8. The van der Waals surface area contributed by atoms with Crippen molar-refractivity contribution in [3.63, 3.8) is 0 Å². The van der Waals surface area contributed by atoms with Gasteiger partial charge in [0.25, 0.3) is 0 Å². The summed E-state index contributed by atoms with van der Waals surface area (Å²) in [5.41, 5.74) is 0.559. The minimum Gasteiger partial charge on any atom is -0.481 e. The molecule has 0 aliphatic rings. The molecule has 0 aliphatic carbocycles. The van der Waals surface area contributed by atoms with Crippen LogP contribution in [0.3, 0.4) is 0 Å². The van der Waals surface area contributed by atoms with Gasteiger partial charge in [-0.1, -0.05) is 35.8 Å². The fourth-order valence-electron chi connectivity index (χ4n) is 1.45. The summed E-state index contributed by atoms with van der Waals surface area (Å²) in [5, 5.41) is 8.84. The van der Waals surface area contributed by atoms with E-state index in [4.69, 9.17) is 5.11 Å². The maximum atomic E-state index is 13.5. The monoisotopic (exact) mass is 288 g/mol. The van der Waals surface area contributed by atoms with Gasteiger partial charge in [-0.25, -0.2) is 4.39 Å². The number of carboxylic acid groups (broad SMARTS) is 1. The number of hydrogen-bond acceptors (Lipinski definition) is 1. The fraction of sp³-hybridized carbons (Fsp3) is 0.417. The van der Waals surface area contributed by atoms with Crippen molar-refractivity contribution in [3.8, 4) is 0 Å². The smallest absolute Gasteiger partial charge is 0.306 e. The molecule has 0 heterocycles. The molecule has 0 radical (unpaired) electrons. The molecule has 1 N–H and O–H groups in total. The largest absolute Gasteiger partial charge is 0.481 e. The Morgan fingerprint density at radius 3 is 2.62 bits per heavy atom. The summed E-state index contributed by atoms with van der Waals surface area (Å²) in [4.78, 5) is 10.8. The van der Waals surface area contributed by atoms with Crippen molar-refractivity contribution in [2.24, 2.45) is 11.8 Å². The molecular weight excluding hydrogens is 275 g/mol. The van der Waals surface area contributed by atoms with Crippen LogP contribution >= 0.6 is 15.9 Å². The van der Waals surface area contributed by atoms with E-state index in [0.717, 1.165) is 0 Å². The van der Waals surface area contributed by atoms with E-state index in [2.05, 4.69) is 15.9 Å². The Balaban J connectivity index is 2.77. The summed E-state index contributed by atoms with van der Waals surface area (Å²) in [6.45, 7) is 3.46. The lowest BCUT2D eigenvalue weighted by molar-refractivity contribution is -0.142. The Morgan fingerprint density at radius 2 is 2.12 bits per heavy atom. The van der Waals surface area contributed by atoms with E-state index >= 15 is 0 Å². The van der Waals surface area contributed by atoms with Gasteiger partial charge in [0.05, 0.1) is 5.92 Å². The Labute approximate surface area is 103 Å². The van der Waals surface area contributed by atoms with E-state index in [1.165, 1.54) is 6.07 Å². The van der Waals surface area contributed by atoms with Gasteiger partial charge in [0.15, 0.2) is 0 Å². The Bertz CT molecular complexity index is 393. The van der Waals surface area contributed by atoms with Gasteiger partial charge in [-0.3, -0.25) is 4.79 Å². The third kappa shape index (κ3) is 3.30. The quantitative estimate of drug-likeness (QED) is 0.921. The number of halogens is 2. The maximum Gasteiger partial charge on any atom is 0.306 e. The van der Waals surface area contributed by atoms with Gasteiger partial charge in [-0.05, 0) is 30.0 Å². The van der Waals surface area contributed by atoms with Gasteiger partial charge in [0.1, 0.15) is 5.82 Å². The molecule has 0 aromatic heterocycles. The van der Waals surface area contributed by atoms with Gasteiger partial charge >= 0.3 is 5.97 Å². The molecule has 0 saturated carbocycles. The summed E-state index contributed by atoms with van der Waals surface area (Å²) in [5.74, 6) is -1.69. The molecular formula is C12H14BrFO2. The summed E-state index contributed by atoms with van der Waals surface area (Å²) in [7, 11) is 0. The van der Waals surface area contributed by atoms with Crippen LogP contribution in [0.1, 0.15) is 19.4 Å². The molecule has 16 heavy (non-hydrogen) atoms. The average Bonchev–Trinajstić information content (AvgIpc) is 2.20. The van der Waals surface area contributed by atoms with Crippen LogP contribution in [0.2, 0.25) is 0 Å². The van der Waals surface area contributed by atoms with Crippen LogP contribution in [0.15, 0.2) is 22.7 Å². The van der Waals surface area contributed by atoms with Crippen molar-refractivity contribution < 1.29 is 14.3 Å². The number of carboxylic acids is 1. The SMILES string of the molecule is CC(Cc1ccc(Br)cc1F)C(C)C(=O)O. The Kier molecular flexibility index (Phi) is 4.47. The summed E-state index contributed by atoms with van der Waals surface area (Å²) in [6.07, 6.45) is 0.437. The van der Waals surface area contributed by atoms with Crippen LogP contribution in [0.4, 0.5) is 4.39 Å².